The Hall–Kier alpha value is -1.66. The minimum absolute atomic E-state index is 0.0682. The number of benzene rings is 1. The van der Waals surface area contributed by atoms with Crippen molar-refractivity contribution in [2.24, 2.45) is 5.92 Å². The molecular formula is C20H31N3O3. The van der Waals surface area contributed by atoms with Gasteiger partial charge in [0, 0.05) is 18.2 Å². The van der Waals surface area contributed by atoms with Gasteiger partial charge in [-0.2, -0.15) is 0 Å². The highest BCUT2D eigenvalue weighted by molar-refractivity contribution is 5.49. The quantitative estimate of drug-likeness (QED) is 0.615. The molecule has 2 heterocycles. The van der Waals surface area contributed by atoms with Crippen LogP contribution in [0.4, 0.5) is 5.69 Å². The van der Waals surface area contributed by atoms with Crippen LogP contribution in [0.2, 0.25) is 0 Å². The summed E-state index contributed by atoms with van der Waals surface area (Å²) in [5.74, 6) is 0.746. The highest BCUT2D eigenvalue weighted by Crippen LogP contribution is 2.38. The Balaban J connectivity index is 1.85. The van der Waals surface area contributed by atoms with E-state index >= 15 is 0 Å². The first kappa shape index (κ1) is 19.1. The molecule has 1 unspecified atom stereocenters. The fourth-order valence-electron chi connectivity index (χ4n) is 4.15. The molecule has 6 nitrogen and oxygen atoms in total. The summed E-state index contributed by atoms with van der Waals surface area (Å²) < 4.78 is 5.80. The number of nitrogens with zero attached hydrogens (tertiary/aromatic N) is 2. The minimum atomic E-state index is -0.342. The van der Waals surface area contributed by atoms with Crippen molar-refractivity contribution in [1.29, 1.82) is 0 Å². The zero-order valence-corrected chi connectivity index (χ0v) is 15.9. The lowest BCUT2D eigenvalue weighted by molar-refractivity contribution is -0.385. The van der Waals surface area contributed by atoms with Crippen LogP contribution in [0.15, 0.2) is 18.2 Å². The number of hydrogen-bond donors (Lipinski definition) is 1. The number of likely N-dealkylation sites (tertiary alicyclic amines) is 1. The SMILES string of the molecule is CC(C)COc1cc(C2CCCCN2C2CCNCC2)ccc1[N+](=O)[O-]. The summed E-state index contributed by atoms with van der Waals surface area (Å²) in [6.45, 7) is 7.88. The van der Waals surface area contributed by atoms with Crippen LogP contribution in [0.25, 0.3) is 0 Å². The van der Waals surface area contributed by atoms with Gasteiger partial charge in [0.2, 0.25) is 0 Å². The second-order valence-corrected chi connectivity index (χ2v) is 7.92. The van der Waals surface area contributed by atoms with Gasteiger partial charge < -0.3 is 10.1 Å². The average molecular weight is 361 g/mol. The maximum Gasteiger partial charge on any atom is 0.310 e. The molecule has 0 aromatic heterocycles. The van der Waals surface area contributed by atoms with E-state index in [9.17, 15) is 10.1 Å². The number of nitrogens with one attached hydrogen (secondary N) is 1. The van der Waals surface area contributed by atoms with Gasteiger partial charge in [0.05, 0.1) is 11.5 Å². The lowest BCUT2D eigenvalue weighted by atomic mass is 9.91. The molecule has 3 rings (SSSR count). The molecule has 0 amide bonds. The van der Waals surface area contributed by atoms with Crippen molar-refractivity contribution in [1.82, 2.24) is 10.2 Å². The summed E-state index contributed by atoms with van der Waals surface area (Å²) in [4.78, 5) is 13.7. The normalized spacial score (nSPS) is 22.5. The number of ether oxygens (including phenoxy) is 1. The van der Waals surface area contributed by atoms with Crippen molar-refractivity contribution in [2.75, 3.05) is 26.2 Å². The number of piperidine rings is 2. The largest absolute Gasteiger partial charge is 0.487 e. The monoisotopic (exact) mass is 361 g/mol. The summed E-state index contributed by atoms with van der Waals surface area (Å²) in [6.07, 6.45) is 5.93. The third-order valence-electron chi connectivity index (χ3n) is 5.46. The Morgan fingerprint density at radius 2 is 2.04 bits per heavy atom. The predicted octanol–water partition coefficient (Wildman–Crippen LogP) is 3.91. The fourth-order valence-corrected chi connectivity index (χ4v) is 4.15. The standard InChI is InChI=1S/C20H31N3O3/c1-15(2)14-26-20-13-16(6-7-19(20)23(24)25)18-5-3-4-12-22(18)17-8-10-21-11-9-17/h6-7,13,15,17-18,21H,3-5,8-12,14H2,1-2H3. The third kappa shape index (κ3) is 4.54. The molecule has 2 aliphatic rings. The van der Waals surface area contributed by atoms with Gasteiger partial charge >= 0.3 is 5.69 Å². The second-order valence-electron chi connectivity index (χ2n) is 7.92. The molecule has 1 aromatic rings. The molecule has 2 aliphatic heterocycles. The number of hydrogen-bond acceptors (Lipinski definition) is 5. The maximum absolute atomic E-state index is 11.4. The molecule has 0 aliphatic carbocycles. The molecule has 1 N–H and O–H groups in total. The molecule has 2 saturated heterocycles. The first-order valence-corrected chi connectivity index (χ1v) is 9.94. The van der Waals surface area contributed by atoms with Crippen LogP contribution in [0, 0.1) is 16.0 Å². The molecule has 0 saturated carbocycles. The van der Waals surface area contributed by atoms with Crippen LogP contribution in [0.5, 0.6) is 5.75 Å². The number of nitro groups is 1. The van der Waals surface area contributed by atoms with Crippen LogP contribution in [-0.2, 0) is 0 Å². The Morgan fingerprint density at radius 3 is 2.73 bits per heavy atom. The van der Waals surface area contributed by atoms with Crippen molar-refractivity contribution in [3.8, 4) is 5.75 Å². The van der Waals surface area contributed by atoms with E-state index in [1.165, 1.54) is 25.7 Å². The van der Waals surface area contributed by atoms with Crippen LogP contribution in [-0.4, -0.2) is 42.1 Å². The molecule has 144 valence electrons. The summed E-state index contributed by atoms with van der Waals surface area (Å²) >= 11 is 0. The molecular weight excluding hydrogens is 330 g/mol. The van der Waals surface area contributed by atoms with Crippen molar-refractivity contribution >= 4 is 5.69 Å². The Morgan fingerprint density at radius 1 is 1.27 bits per heavy atom. The Bertz CT molecular complexity index is 614. The summed E-state index contributed by atoms with van der Waals surface area (Å²) in [5.41, 5.74) is 1.23. The van der Waals surface area contributed by atoms with Gasteiger partial charge in [-0.3, -0.25) is 15.0 Å². The van der Waals surface area contributed by atoms with Crippen LogP contribution in [0.3, 0.4) is 0 Å². The highest BCUT2D eigenvalue weighted by Gasteiger charge is 2.31. The van der Waals surface area contributed by atoms with Crippen LogP contribution >= 0.6 is 0 Å². The summed E-state index contributed by atoms with van der Waals surface area (Å²) in [6, 6.07) is 6.43. The molecule has 0 radical (unpaired) electrons. The van der Waals surface area contributed by atoms with Crippen molar-refractivity contribution in [3.05, 3.63) is 33.9 Å². The van der Waals surface area contributed by atoms with E-state index in [2.05, 4.69) is 24.1 Å². The first-order chi connectivity index (χ1) is 12.6. The van der Waals surface area contributed by atoms with Gasteiger partial charge in [-0.15, -0.1) is 0 Å². The molecule has 1 atom stereocenters. The lowest BCUT2D eigenvalue weighted by Crippen LogP contribution is -2.46. The molecule has 0 spiro atoms. The Labute approximate surface area is 156 Å². The van der Waals surface area contributed by atoms with E-state index in [4.69, 9.17) is 4.74 Å². The smallest absolute Gasteiger partial charge is 0.310 e. The maximum atomic E-state index is 11.4. The summed E-state index contributed by atoms with van der Waals surface area (Å²) in [7, 11) is 0. The van der Waals surface area contributed by atoms with Gasteiger partial charge in [0.1, 0.15) is 0 Å². The Kier molecular flexibility index (Phi) is 6.48. The zero-order valence-electron chi connectivity index (χ0n) is 15.9. The van der Waals surface area contributed by atoms with E-state index in [0.29, 0.717) is 30.4 Å². The fraction of sp³-hybridized carbons (Fsp3) is 0.700. The van der Waals surface area contributed by atoms with Crippen molar-refractivity contribution in [2.45, 2.75) is 58.0 Å². The van der Waals surface area contributed by atoms with E-state index in [-0.39, 0.29) is 10.6 Å². The topological polar surface area (TPSA) is 67.6 Å². The van der Waals surface area contributed by atoms with Gasteiger partial charge in [-0.1, -0.05) is 26.3 Å². The number of rotatable bonds is 6. The third-order valence-corrected chi connectivity index (χ3v) is 5.46. The average Bonchev–Trinajstić information content (AvgIpc) is 2.66. The zero-order chi connectivity index (χ0) is 18.5. The van der Waals surface area contributed by atoms with Gasteiger partial charge in [-0.05, 0) is 62.9 Å². The van der Waals surface area contributed by atoms with Crippen molar-refractivity contribution < 1.29 is 9.66 Å². The van der Waals surface area contributed by atoms with Gasteiger partial charge in [-0.25, -0.2) is 0 Å². The van der Waals surface area contributed by atoms with Crippen LogP contribution in [0.1, 0.15) is 57.6 Å². The molecule has 26 heavy (non-hydrogen) atoms. The molecule has 2 fully saturated rings. The predicted molar refractivity (Wildman–Crippen MR) is 103 cm³/mol. The van der Waals surface area contributed by atoms with E-state index < -0.39 is 0 Å². The van der Waals surface area contributed by atoms with E-state index in [0.717, 1.165) is 31.6 Å². The summed E-state index contributed by atoms with van der Waals surface area (Å²) in [5, 5.41) is 14.8. The lowest BCUT2D eigenvalue weighted by Gasteiger charge is -2.43. The van der Waals surface area contributed by atoms with Crippen LogP contribution < -0.4 is 10.1 Å². The van der Waals surface area contributed by atoms with E-state index in [1.54, 1.807) is 6.07 Å². The van der Waals surface area contributed by atoms with Gasteiger partial charge in [0.25, 0.3) is 0 Å². The van der Waals surface area contributed by atoms with E-state index in [1.807, 2.05) is 12.1 Å². The molecule has 6 heteroatoms. The van der Waals surface area contributed by atoms with Crippen molar-refractivity contribution in [3.63, 3.8) is 0 Å². The highest BCUT2D eigenvalue weighted by atomic mass is 16.6. The first-order valence-electron chi connectivity index (χ1n) is 9.94. The number of nitro benzene ring substituents is 1. The minimum Gasteiger partial charge on any atom is -0.487 e. The molecule has 0 bridgehead atoms. The second kappa shape index (κ2) is 8.82. The molecule has 1 aromatic carbocycles. The van der Waals surface area contributed by atoms with Gasteiger partial charge in [0.15, 0.2) is 5.75 Å².